The van der Waals surface area contributed by atoms with Gasteiger partial charge in [-0.05, 0) is 85.9 Å². The Bertz CT molecular complexity index is 1640. The lowest BCUT2D eigenvalue weighted by atomic mass is 9.96. The Morgan fingerprint density at radius 3 is 2.27 bits per heavy atom. The number of hydrogen-bond acceptors (Lipinski definition) is 11. The number of hydrogen-bond donors (Lipinski definition) is 7. The van der Waals surface area contributed by atoms with Gasteiger partial charge in [-0.1, -0.05) is 41.4 Å². The largest absolute Gasteiger partial charge is 0.490 e. The van der Waals surface area contributed by atoms with Gasteiger partial charge < -0.3 is 50.1 Å². The van der Waals surface area contributed by atoms with Crippen LogP contribution in [-0.4, -0.2) is 114 Å². The van der Waals surface area contributed by atoms with Gasteiger partial charge in [-0.25, -0.2) is 0 Å². The molecule has 1 heterocycles. The molecule has 5 rings (SSSR count). The predicted octanol–water partition coefficient (Wildman–Crippen LogP) is 3.13. The van der Waals surface area contributed by atoms with Gasteiger partial charge in [0, 0.05) is 53.1 Å². The van der Waals surface area contributed by atoms with Crippen molar-refractivity contribution in [2.45, 2.75) is 100 Å². The summed E-state index contributed by atoms with van der Waals surface area (Å²) in [4.78, 5) is 18.5. The number of halogens is 2. The van der Waals surface area contributed by atoms with Gasteiger partial charge in [0.25, 0.3) is 0 Å². The van der Waals surface area contributed by atoms with Crippen LogP contribution in [0, 0.1) is 0 Å². The minimum atomic E-state index is -1.87. The molecular weight excluding hydrogens is 715 g/mol. The molecule has 7 N–H and O–H groups in total. The molecule has 2 aromatic carbocycles. The first kappa shape index (κ1) is 40.3. The Morgan fingerprint density at radius 2 is 1.58 bits per heavy atom. The Kier molecular flexibility index (Phi) is 14.3. The molecule has 2 fully saturated rings. The number of benzene rings is 2. The van der Waals surface area contributed by atoms with Crippen molar-refractivity contribution in [3.05, 3.63) is 81.6 Å². The fourth-order valence-electron chi connectivity index (χ4n) is 6.14. The SMILES string of the molecule is O=C(CCCCc1cc(Cl)c(COC2(c3cnccc3-c3ccccc3OC3CC3)CC2)cc1Cl)N(CC(O)CO)C[C@H](O)[C@@H](O)[C@H](O)[C@H](O)CO. The highest BCUT2D eigenvalue weighted by Crippen LogP contribution is 2.53. The Balaban J connectivity index is 1.16. The van der Waals surface area contributed by atoms with E-state index in [0.717, 1.165) is 64.1 Å². The lowest BCUT2D eigenvalue weighted by molar-refractivity contribution is -0.142. The summed E-state index contributed by atoms with van der Waals surface area (Å²) < 4.78 is 12.8. The molecule has 1 unspecified atom stereocenters. The second-order valence-corrected chi connectivity index (χ2v) is 14.5. The average Bonchev–Trinajstić information content (AvgIpc) is 4.10. The summed E-state index contributed by atoms with van der Waals surface area (Å²) in [5, 5.41) is 69.4. The molecular formula is C38H48Cl2N2O10. The van der Waals surface area contributed by atoms with E-state index in [1.54, 1.807) is 18.3 Å². The normalized spacial score (nSPS) is 17.9. The number of carbonyl (C=O) groups is 1. The van der Waals surface area contributed by atoms with Crippen molar-refractivity contribution in [2.75, 3.05) is 26.3 Å². The van der Waals surface area contributed by atoms with Crippen LogP contribution in [0.2, 0.25) is 10.0 Å². The summed E-state index contributed by atoms with van der Waals surface area (Å²) in [5.74, 6) is 0.393. The van der Waals surface area contributed by atoms with Gasteiger partial charge in [-0.3, -0.25) is 9.78 Å². The lowest BCUT2D eigenvalue weighted by Crippen LogP contribution is -2.51. The Labute approximate surface area is 313 Å². The number of pyridine rings is 1. The number of aromatic nitrogens is 1. The molecule has 0 bridgehead atoms. The number of ether oxygens (including phenoxy) is 2. The summed E-state index contributed by atoms with van der Waals surface area (Å²) >= 11 is 13.4. The van der Waals surface area contributed by atoms with E-state index < -0.39 is 61.8 Å². The third kappa shape index (κ3) is 10.4. The van der Waals surface area contributed by atoms with E-state index in [0.29, 0.717) is 29.3 Å². The second-order valence-electron chi connectivity index (χ2n) is 13.7. The molecule has 2 saturated carbocycles. The summed E-state index contributed by atoms with van der Waals surface area (Å²) in [5.41, 5.74) is 4.08. The van der Waals surface area contributed by atoms with Crippen LogP contribution in [0.5, 0.6) is 5.75 Å². The molecule has 14 heteroatoms. The first-order valence-corrected chi connectivity index (χ1v) is 18.4. The fraction of sp³-hybridized carbons (Fsp3) is 0.526. The monoisotopic (exact) mass is 762 g/mol. The number of carbonyl (C=O) groups excluding carboxylic acids is 1. The van der Waals surface area contributed by atoms with Crippen LogP contribution in [-0.2, 0) is 28.2 Å². The first-order valence-electron chi connectivity index (χ1n) is 17.7. The number of unbranched alkanes of at least 4 members (excludes halogenated alkanes) is 1. The topological polar surface area (TPSA) is 193 Å². The molecule has 3 aromatic rings. The number of amides is 1. The van der Waals surface area contributed by atoms with Crippen LogP contribution in [0.25, 0.3) is 11.1 Å². The summed E-state index contributed by atoms with van der Waals surface area (Å²) in [6, 6.07) is 13.7. The molecule has 1 amide bonds. The number of nitrogens with zero attached hydrogens (tertiary/aromatic N) is 2. The van der Waals surface area contributed by atoms with Crippen molar-refractivity contribution >= 4 is 29.1 Å². The number of para-hydroxylation sites is 1. The van der Waals surface area contributed by atoms with Gasteiger partial charge >= 0.3 is 0 Å². The van der Waals surface area contributed by atoms with Gasteiger partial charge in [-0.15, -0.1) is 0 Å². The molecule has 0 saturated heterocycles. The first-order chi connectivity index (χ1) is 25.0. The quantitative estimate of drug-likeness (QED) is 0.0789. The van der Waals surface area contributed by atoms with E-state index in [2.05, 4.69) is 11.1 Å². The zero-order valence-electron chi connectivity index (χ0n) is 28.9. The van der Waals surface area contributed by atoms with Crippen LogP contribution >= 0.6 is 23.2 Å². The van der Waals surface area contributed by atoms with E-state index in [1.807, 2.05) is 30.5 Å². The van der Waals surface area contributed by atoms with E-state index in [4.69, 9.17) is 37.8 Å². The average molecular weight is 764 g/mol. The summed E-state index contributed by atoms with van der Waals surface area (Å²) in [6.07, 6.45) is 0.801. The third-order valence-electron chi connectivity index (χ3n) is 9.54. The molecule has 5 atom stereocenters. The lowest BCUT2D eigenvalue weighted by Gasteiger charge is -2.31. The van der Waals surface area contributed by atoms with Crippen LogP contribution in [0.4, 0.5) is 0 Å². The Hall–Kier alpha value is -2.88. The molecule has 2 aliphatic carbocycles. The second kappa shape index (κ2) is 18.4. The van der Waals surface area contributed by atoms with Crippen molar-refractivity contribution < 1.29 is 50.0 Å². The Morgan fingerprint density at radius 1 is 0.885 bits per heavy atom. The van der Waals surface area contributed by atoms with Crippen LogP contribution in [0.1, 0.15) is 61.6 Å². The predicted molar refractivity (Wildman–Crippen MR) is 194 cm³/mol. The van der Waals surface area contributed by atoms with Crippen LogP contribution in [0.3, 0.4) is 0 Å². The number of rotatable bonds is 21. The molecule has 1 aromatic heterocycles. The molecule has 0 aliphatic heterocycles. The van der Waals surface area contributed by atoms with Crippen molar-refractivity contribution in [2.24, 2.45) is 0 Å². The molecule has 284 valence electrons. The van der Waals surface area contributed by atoms with Crippen molar-refractivity contribution in [3.8, 4) is 16.9 Å². The maximum absolute atomic E-state index is 13.0. The van der Waals surface area contributed by atoms with Gasteiger partial charge in [0.2, 0.25) is 5.91 Å². The van der Waals surface area contributed by atoms with E-state index in [1.165, 1.54) is 0 Å². The molecule has 0 radical (unpaired) electrons. The van der Waals surface area contributed by atoms with E-state index in [-0.39, 0.29) is 25.7 Å². The molecule has 2 aliphatic rings. The molecule has 0 spiro atoms. The van der Waals surface area contributed by atoms with E-state index in [9.17, 15) is 35.4 Å². The van der Waals surface area contributed by atoms with Crippen molar-refractivity contribution in [1.82, 2.24) is 9.88 Å². The maximum Gasteiger partial charge on any atom is 0.222 e. The van der Waals surface area contributed by atoms with Crippen molar-refractivity contribution in [3.63, 3.8) is 0 Å². The number of aryl methyl sites for hydroxylation is 1. The minimum Gasteiger partial charge on any atom is -0.490 e. The summed E-state index contributed by atoms with van der Waals surface area (Å²) in [6.45, 7) is -2.04. The highest BCUT2D eigenvalue weighted by atomic mass is 35.5. The van der Waals surface area contributed by atoms with Gasteiger partial charge in [0.05, 0.1) is 37.6 Å². The van der Waals surface area contributed by atoms with Gasteiger partial charge in [0.1, 0.15) is 30.2 Å². The minimum absolute atomic E-state index is 0.0235. The smallest absolute Gasteiger partial charge is 0.222 e. The van der Waals surface area contributed by atoms with Gasteiger partial charge in [-0.2, -0.15) is 0 Å². The van der Waals surface area contributed by atoms with Crippen molar-refractivity contribution in [1.29, 1.82) is 0 Å². The fourth-order valence-corrected chi connectivity index (χ4v) is 6.66. The van der Waals surface area contributed by atoms with Gasteiger partial charge in [0.15, 0.2) is 0 Å². The zero-order chi connectivity index (χ0) is 37.4. The summed E-state index contributed by atoms with van der Waals surface area (Å²) in [7, 11) is 0. The molecule has 52 heavy (non-hydrogen) atoms. The maximum atomic E-state index is 13.0. The third-order valence-corrected chi connectivity index (χ3v) is 10.2. The highest BCUT2D eigenvalue weighted by molar-refractivity contribution is 6.34. The molecule has 12 nitrogen and oxygen atoms in total. The number of aliphatic hydroxyl groups is 7. The number of aliphatic hydroxyl groups excluding tert-OH is 7. The van der Waals surface area contributed by atoms with Crippen LogP contribution in [0.15, 0.2) is 54.9 Å². The van der Waals surface area contributed by atoms with Crippen LogP contribution < -0.4 is 4.74 Å². The van der Waals surface area contributed by atoms with E-state index >= 15 is 0 Å². The standard InChI is InChI=1S/C38H48Cl2N2O10/c39-30-16-24(22-51-38(12-13-38)29-17-41-14-11-27(29)28-6-2-3-7-34(28)52-26-9-10-26)31(40)15-23(30)5-1-4-8-35(48)42(18-25(45)20-43)19-32(46)36(49)37(50)33(47)21-44/h2-3,6-7,11,14-17,25-26,32-33,36-37,43-47,49-50H,1,4-5,8-10,12-13,18-22H2/t25?,32-,33+,36+,37+/m0/s1. The highest BCUT2D eigenvalue weighted by Gasteiger charge is 2.48. The zero-order valence-corrected chi connectivity index (χ0v) is 30.4.